The zero-order chi connectivity index (χ0) is 16.1. The number of rotatable bonds is 5. The normalized spacial score (nSPS) is 18.7. The van der Waals surface area contributed by atoms with E-state index in [9.17, 15) is 4.79 Å². The summed E-state index contributed by atoms with van der Waals surface area (Å²) in [6.45, 7) is 5.48. The smallest absolute Gasteiger partial charge is 0.229 e. The van der Waals surface area contributed by atoms with E-state index in [4.69, 9.17) is 0 Å². The van der Waals surface area contributed by atoms with Gasteiger partial charge >= 0.3 is 0 Å². The van der Waals surface area contributed by atoms with Gasteiger partial charge in [0.05, 0.1) is 12.5 Å². The van der Waals surface area contributed by atoms with Crippen LogP contribution in [0.1, 0.15) is 18.4 Å². The number of hydrogen-bond acceptors (Lipinski definition) is 5. The van der Waals surface area contributed by atoms with Crippen molar-refractivity contribution in [3.8, 4) is 0 Å². The first kappa shape index (κ1) is 15.6. The van der Waals surface area contributed by atoms with Gasteiger partial charge in [0, 0.05) is 19.3 Å². The summed E-state index contributed by atoms with van der Waals surface area (Å²) in [4.78, 5) is 22.9. The van der Waals surface area contributed by atoms with Gasteiger partial charge in [-0.2, -0.15) is 5.10 Å². The van der Waals surface area contributed by atoms with Crippen LogP contribution in [-0.2, 0) is 11.3 Å². The summed E-state index contributed by atoms with van der Waals surface area (Å²) in [7, 11) is 0. The highest BCUT2D eigenvalue weighted by Crippen LogP contribution is 2.18. The molecule has 7 heteroatoms. The Morgan fingerprint density at radius 3 is 3.04 bits per heavy atom. The second-order valence-corrected chi connectivity index (χ2v) is 6.01. The standard InChI is InChI=1S/C16H22N6O/c1-13-4-5-15(18-9-13)20-16(23)14-3-2-6-21(10-14)7-8-22-12-17-11-19-22/h4-5,9,11-12,14H,2-3,6-8,10H2,1H3,(H,18,20,23)/t14-/m0/s1. The van der Waals surface area contributed by atoms with Crippen molar-refractivity contribution in [3.05, 3.63) is 36.5 Å². The second-order valence-electron chi connectivity index (χ2n) is 6.01. The van der Waals surface area contributed by atoms with Gasteiger partial charge in [0.15, 0.2) is 0 Å². The highest BCUT2D eigenvalue weighted by atomic mass is 16.2. The Kier molecular flexibility index (Phi) is 4.97. The maximum atomic E-state index is 12.4. The van der Waals surface area contributed by atoms with Gasteiger partial charge in [0.1, 0.15) is 18.5 Å². The molecule has 2 aromatic rings. The first-order chi connectivity index (χ1) is 11.2. The van der Waals surface area contributed by atoms with Gasteiger partial charge in [-0.25, -0.2) is 9.97 Å². The summed E-state index contributed by atoms with van der Waals surface area (Å²) < 4.78 is 1.82. The minimum absolute atomic E-state index is 0.0163. The number of hydrogen-bond donors (Lipinski definition) is 1. The Labute approximate surface area is 135 Å². The highest BCUT2D eigenvalue weighted by Gasteiger charge is 2.25. The highest BCUT2D eigenvalue weighted by molar-refractivity contribution is 5.91. The monoisotopic (exact) mass is 314 g/mol. The Balaban J connectivity index is 1.50. The van der Waals surface area contributed by atoms with Gasteiger partial charge < -0.3 is 10.2 Å². The van der Waals surface area contributed by atoms with E-state index in [-0.39, 0.29) is 11.8 Å². The molecule has 1 aliphatic rings. The van der Waals surface area contributed by atoms with Crippen LogP contribution in [-0.4, -0.2) is 50.2 Å². The van der Waals surface area contributed by atoms with E-state index < -0.39 is 0 Å². The van der Waals surface area contributed by atoms with E-state index in [1.54, 1.807) is 18.9 Å². The van der Waals surface area contributed by atoms with E-state index in [1.165, 1.54) is 0 Å². The van der Waals surface area contributed by atoms with Crippen LogP contribution in [0.5, 0.6) is 0 Å². The summed E-state index contributed by atoms with van der Waals surface area (Å²) >= 11 is 0. The second kappa shape index (κ2) is 7.32. The molecule has 1 atom stereocenters. The maximum absolute atomic E-state index is 12.4. The van der Waals surface area contributed by atoms with Crippen molar-refractivity contribution < 1.29 is 4.79 Å². The van der Waals surface area contributed by atoms with Crippen molar-refractivity contribution in [1.82, 2.24) is 24.6 Å². The van der Waals surface area contributed by atoms with Crippen molar-refractivity contribution in [2.24, 2.45) is 5.92 Å². The number of carbonyl (C=O) groups excluding carboxylic acids is 1. The lowest BCUT2D eigenvalue weighted by Crippen LogP contribution is -2.42. The predicted octanol–water partition coefficient (Wildman–Crippen LogP) is 1.33. The molecule has 0 unspecified atom stereocenters. The number of pyridine rings is 1. The fourth-order valence-corrected chi connectivity index (χ4v) is 2.83. The average Bonchev–Trinajstić information content (AvgIpc) is 3.09. The number of nitrogens with one attached hydrogen (secondary N) is 1. The number of nitrogens with zero attached hydrogens (tertiary/aromatic N) is 5. The van der Waals surface area contributed by atoms with Gasteiger partial charge in [0.25, 0.3) is 0 Å². The van der Waals surface area contributed by atoms with Crippen LogP contribution in [0.4, 0.5) is 5.82 Å². The number of carbonyl (C=O) groups is 1. The molecule has 1 fully saturated rings. The molecule has 1 amide bonds. The number of likely N-dealkylation sites (tertiary alicyclic amines) is 1. The molecule has 0 bridgehead atoms. The number of anilines is 1. The Hall–Kier alpha value is -2.28. The molecule has 122 valence electrons. The Morgan fingerprint density at radius 2 is 2.30 bits per heavy atom. The SMILES string of the molecule is Cc1ccc(NC(=O)[C@H]2CCCN(CCn3cncn3)C2)nc1. The molecule has 3 rings (SSSR count). The van der Waals surface area contributed by atoms with Crippen molar-refractivity contribution in [1.29, 1.82) is 0 Å². The van der Waals surface area contributed by atoms with Crippen molar-refractivity contribution in [2.75, 3.05) is 25.0 Å². The third-order valence-corrected chi connectivity index (χ3v) is 4.15. The zero-order valence-corrected chi connectivity index (χ0v) is 13.4. The number of aromatic nitrogens is 4. The molecule has 0 radical (unpaired) electrons. The average molecular weight is 314 g/mol. The van der Waals surface area contributed by atoms with E-state index >= 15 is 0 Å². The molecule has 2 aromatic heterocycles. The molecule has 1 aliphatic heterocycles. The number of piperidine rings is 1. The Bertz CT molecular complexity index is 625. The summed E-state index contributed by atoms with van der Waals surface area (Å²) in [6, 6.07) is 3.80. The van der Waals surface area contributed by atoms with Gasteiger partial charge in [-0.3, -0.25) is 9.48 Å². The summed E-state index contributed by atoms with van der Waals surface area (Å²) in [5.41, 5.74) is 1.08. The molecular weight excluding hydrogens is 292 g/mol. The molecular formula is C16H22N6O. The molecule has 0 aromatic carbocycles. The van der Waals surface area contributed by atoms with Crippen molar-refractivity contribution in [3.63, 3.8) is 0 Å². The van der Waals surface area contributed by atoms with Crippen LogP contribution < -0.4 is 5.32 Å². The molecule has 0 aliphatic carbocycles. The molecule has 0 spiro atoms. The molecule has 23 heavy (non-hydrogen) atoms. The van der Waals surface area contributed by atoms with Crippen LogP contribution in [0.2, 0.25) is 0 Å². The number of aryl methyl sites for hydroxylation is 1. The van der Waals surface area contributed by atoms with E-state index in [0.717, 1.165) is 44.6 Å². The van der Waals surface area contributed by atoms with E-state index in [2.05, 4.69) is 25.3 Å². The fourth-order valence-electron chi connectivity index (χ4n) is 2.83. The molecule has 1 N–H and O–H groups in total. The minimum Gasteiger partial charge on any atom is -0.310 e. The maximum Gasteiger partial charge on any atom is 0.229 e. The quantitative estimate of drug-likeness (QED) is 0.901. The van der Waals surface area contributed by atoms with Crippen LogP contribution in [0.25, 0.3) is 0 Å². The van der Waals surface area contributed by atoms with Crippen LogP contribution in [0, 0.1) is 12.8 Å². The molecule has 1 saturated heterocycles. The fraction of sp³-hybridized carbons (Fsp3) is 0.500. The topological polar surface area (TPSA) is 75.9 Å². The third kappa shape index (κ3) is 4.35. The first-order valence-corrected chi connectivity index (χ1v) is 7.99. The van der Waals surface area contributed by atoms with Gasteiger partial charge in [0.2, 0.25) is 5.91 Å². The molecule has 7 nitrogen and oxygen atoms in total. The lowest BCUT2D eigenvalue weighted by atomic mass is 9.97. The minimum atomic E-state index is 0.0163. The molecule has 0 saturated carbocycles. The third-order valence-electron chi connectivity index (χ3n) is 4.15. The molecule has 3 heterocycles. The first-order valence-electron chi connectivity index (χ1n) is 7.99. The Morgan fingerprint density at radius 1 is 1.39 bits per heavy atom. The largest absolute Gasteiger partial charge is 0.310 e. The lowest BCUT2D eigenvalue weighted by molar-refractivity contribution is -0.121. The summed E-state index contributed by atoms with van der Waals surface area (Å²) in [5.74, 6) is 0.703. The summed E-state index contributed by atoms with van der Waals surface area (Å²) in [5, 5.41) is 7.03. The lowest BCUT2D eigenvalue weighted by Gasteiger charge is -2.31. The van der Waals surface area contributed by atoms with Crippen LogP contribution in [0.3, 0.4) is 0 Å². The van der Waals surface area contributed by atoms with Crippen molar-refractivity contribution in [2.45, 2.75) is 26.3 Å². The summed E-state index contributed by atoms with van der Waals surface area (Å²) in [6.07, 6.45) is 6.99. The number of amides is 1. The van der Waals surface area contributed by atoms with Gasteiger partial charge in [-0.15, -0.1) is 0 Å². The van der Waals surface area contributed by atoms with Gasteiger partial charge in [-0.1, -0.05) is 6.07 Å². The van der Waals surface area contributed by atoms with E-state index in [0.29, 0.717) is 5.82 Å². The van der Waals surface area contributed by atoms with E-state index in [1.807, 2.05) is 23.7 Å². The van der Waals surface area contributed by atoms with Crippen LogP contribution >= 0.6 is 0 Å². The predicted molar refractivity (Wildman–Crippen MR) is 86.8 cm³/mol. The zero-order valence-electron chi connectivity index (χ0n) is 13.4. The van der Waals surface area contributed by atoms with Crippen LogP contribution in [0.15, 0.2) is 31.0 Å². The van der Waals surface area contributed by atoms with Gasteiger partial charge in [-0.05, 0) is 37.9 Å². The van der Waals surface area contributed by atoms with Crippen molar-refractivity contribution >= 4 is 11.7 Å².